The molecule has 1 aromatic carbocycles. The molecule has 34 heavy (non-hydrogen) atoms. The number of hydrogen-bond acceptors (Lipinski definition) is 9. The lowest BCUT2D eigenvalue weighted by Gasteiger charge is -2.24. The molecule has 0 spiro atoms. The predicted molar refractivity (Wildman–Crippen MR) is 121 cm³/mol. The van der Waals surface area contributed by atoms with Crippen molar-refractivity contribution in [2.75, 3.05) is 19.1 Å². The van der Waals surface area contributed by atoms with Gasteiger partial charge in [0.15, 0.2) is 17.2 Å². The lowest BCUT2D eigenvalue weighted by molar-refractivity contribution is 0.374. The van der Waals surface area contributed by atoms with E-state index in [1.807, 2.05) is 13.2 Å². The van der Waals surface area contributed by atoms with Crippen LogP contribution in [0.5, 0.6) is 11.5 Å². The lowest BCUT2D eigenvalue weighted by atomic mass is 10.2. The summed E-state index contributed by atoms with van der Waals surface area (Å²) in [5, 5.41) is 10.9. The van der Waals surface area contributed by atoms with Gasteiger partial charge >= 0.3 is 0 Å². The van der Waals surface area contributed by atoms with Gasteiger partial charge in [-0.05, 0) is 12.1 Å². The quantitative estimate of drug-likeness (QED) is 0.390. The summed E-state index contributed by atoms with van der Waals surface area (Å²) in [6.07, 6.45) is 6.59. The fraction of sp³-hybridized carbons (Fsp3) is 0.182. The maximum atomic E-state index is 15.4. The third-order valence-corrected chi connectivity index (χ3v) is 5.18. The molecule has 172 valence electrons. The zero-order valence-electron chi connectivity index (χ0n) is 18.6. The van der Waals surface area contributed by atoms with Gasteiger partial charge in [0.1, 0.15) is 29.2 Å². The summed E-state index contributed by atoms with van der Waals surface area (Å²) < 4.78 is 27.7. The van der Waals surface area contributed by atoms with Crippen molar-refractivity contribution in [3.63, 3.8) is 0 Å². The van der Waals surface area contributed by atoms with E-state index in [9.17, 15) is 0 Å². The van der Waals surface area contributed by atoms with Crippen molar-refractivity contribution >= 4 is 22.7 Å². The van der Waals surface area contributed by atoms with Crippen LogP contribution in [0.15, 0.2) is 49.2 Å². The third kappa shape index (κ3) is 3.96. The number of ether oxygens (including phenoxy) is 2. The van der Waals surface area contributed by atoms with E-state index < -0.39 is 5.82 Å². The van der Waals surface area contributed by atoms with Gasteiger partial charge < -0.3 is 14.4 Å². The molecule has 4 aromatic heterocycles. The Morgan fingerprint density at radius 3 is 2.68 bits per heavy atom. The minimum atomic E-state index is -0.570. The molecule has 1 N–H and O–H groups in total. The molecule has 0 bridgehead atoms. The molecular weight excluding hydrogens is 441 g/mol. The third-order valence-electron chi connectivity index (χ3n) is 5.18. The Kier molecular flexibility index (Phi) is 5.46. The monoisotopic (exact) mass is 461 g/mol. The van der Waals surface area contributed by atoms with Crippen molar-refractivity contribution in [1.29, 1.82) is 0 Å². The molecule has 0 fully saturated rings. The van der Waals surface area contributed by atoms with E-state index in [0.717, 1.165) is 5.56 Å². The standard InChI is InChI=1S/C22H20FN9O2/c1-31-10-13(8-27-31)16-9-24-15-4-5-20(29-22(15)28-16)32(11-19-25-12-26-30-19)17-6-14(33-2)7-18(34-3)21(17)23/h4-10,12H,11H2,1-3H3,(H,25,26,30). The molecular formula is C22H20FN9O2. The van der Waals surface area contributed by atoms with E-state index in [4.69, 9.17) is 14.5 Å². The number of halogens is 1. The maximum Gasteiger partial charge on any atom is 0.188 e. The molecule has 0 aliphatic carbocycles. The number of fused-ring (bicyclic) bond motifs is 1. The second-order valence-corrected chi connectivity index (χ2v) is 7.35. The van der Waals surface area contributed by atoms with Gasteiger partial charge in [-0.25, -0.2) is 19.3 Å². The summed E-state index contributed by atoms with van der Waals surface area (Å²) in [5.74, 6) is 0.834. The molecule has 0 aliphatic rings. The highest BCUT2D eigenvalue weighted by Gasteiger charge is 2.22. The van der Waals surface area contributed by atoms with Crippen LogP contribution in [0.4, 0.5) is 15.9 Å². The fourth-order valence-electron chi connectivity index (χ4n) is 3.50. The van der Waals surface area contributed by atoms with Crippen LogP contribution in [0.2, 0.25) is 0 Å². The van der Waals surface area contributed by atoms with E-state index >= 15 is 4.39 Å². The number of benzene rings is 1. The number of anilines is 2. The Hall–Kier alpha value is -4.61. The number of aromatic amines is 1. The number of pyridine rings is 1. The Labute approximate surface area is 193 Å². The van der Waals surface area contributed by atoms with Crippen molar-refractivity contribution in [3.05, 3.63) is 60.8 Å². The molecule has 0 saturated heterocycles. The van der Waals surface area contributed by atoms with Gasteiger partial charge in [0.25, 0.3) is 0 Å². The average Bonchev–Trinajstić information content (AvgIpc) is 3.54. The highest BCUT2D eigenvalue weighted by molar-refractivity contribution is 5.77. The first-order valence-corrected chi connectivity index (χ1v) is 10.2. The topological polar surface area (TPSA) is 120 Å². The first-order chi connectivity index (χ1) is 16.6. The number of nitrogens with zero attached hydrogens (tertiary/aromatic N) is 8. The predicted octanol–water partition coefficient (Wildman–Crippen LogP) is 3.04. The second kappa shape index (κ2) is 8.73. The van der Waals surface area contributed by atoms with E-state index in [1.54, 1.807) is 40.2 Å². The maximum absolute atomic E-state index is 15.4. The average molecular weight is 461 g/mol. The van der Waals surface area contributed by atoms with Gasteiger partial charge in [-0.3, -0.25) is 14.8 Å². The van der Waals surface area contributed by atoms with E-state index in [1.165, 1.54) is 26.6 Å². The van der Waals surface area contributed by atoms with Crippen LogP contribution in [0.3, 0.4) is 0 Å². The van der Waals surface area contributed by atoms with Crippen LogP contribution in [-0.4, -0.2) is 54.1 Å². The number of hydrogen-bond donors (Lipinski definition) is 1. The van der Waals surface area contributed by atoms with Gasteiger partial charge in [-0.1, -0.05) is 0 Å². The zero-order valence-corrected chi connectivity index (χ0v) is 18.6. The molecule has 4 heterocycles. The molecule has 12 heteroatoms. The summed E-state index contributed by atoms with van der Waals surface area (Å²) in [4.78, 5) is 19.6. The Balaban J connectivity index is 1.65. The number of methoxy groups -OCH3 is 2. The Morgan fingerprint density at radius 2 is 1.97 bits per heavy atom. The van der Waals surface area contributed by atoms with Crippen molar-refractivity contribution in [2.24, 2.45) is 7.05 Å². The number of aromatic nitrogens is 8. The molecule has 0 atom stereocenters. The molecule has 5 aromatic rings. The van der Waals surface area contributed by atoms with Gasteiger partial charge in [-0.15, -0.1) is 0 Å². The van der Waals surface area contributed by atoms with Crippen LogP contribution >= 0.6 is 0 Å². The molecule has 0 saturated carbocycles. The smallest absolute Gasteiger partial charge is 0.188 e. The molecule has 5 rings (SSSR count). The Morgan fingerprint density at radius 1 is 1.09 bits per heavy atom. The van der Waals surface area contributed by atoms with Gasteiger partial charge in [0.05, 0.1) is 44.5 Å². The van der Waals surface area contributed by atoms with E-state index in [0.29, 0.717) is 34.2 Å². The number of H-pyrrole nitrogens is 1. The van der Waals surface area contributed by atoms with Crippen LogP contribution < -0.4 is 14.4 Å². The van der Waals surface area contributed by atoms with Gasteiger partial charge in [0.2, 0.25) is 0 Å². The fourth-order valence-corrected chi connectivity index (χ4v) is 3.50. The van der Waals surface area contributed by atoms with Gasteiger partial charge in [-0.2, -0.15) is 10.2 Å². The SMILES string of the molecule is COc1cc(OC)c(F)c(N(Cc2ncn[nH]2)c2ccc3ncc(-c4cnn(C)c4)nc3n2)c1. The summed E-state index contributed by atoms with van der Waals surface area (Å²) >= 11 is 0. The van der Waals surface area contributed by atoms with Crippen LogP contribution in [-0.2, 0) is 13.6 Å². The van der Waals surface area contributed by atoms with E-state index in [-0.39, 0.29) is 18.0 Å². The molecule has 0 unspecified atom stereocenters. The molecule has 0 radical (unpaired) electrons. The number of nitrogens with one attached hydrogen (secondary N) is 1. The molecule has 0 amide bonds. The number of rotatable bonds is 7. The summed E-state index contributed by atoms with van der Waals surface area (Å²) in [6.45, 7) is 0.154. The van der Waals surface area contributed by atoms with Crippen molar-refractivity contribution in [1.82, 2.24) is 39.9 Å². The van der Waals surface area contributed by atoms with Crippen LogP contribution in [0, 0.1) is 5.82 Å². The minimum absolute atomic E-state index is 0.0383. The summed E-state index contributed by atoms with van der Waals surface area (Å²) in [7, 11) is 4.72. The first-order valence-electron chi connectivity index (χ1n) is 10.2. The summed E-state index contributed by atoms with van der Waals surface area (Å²) in [6, 6.07) is 6.56. The normalized spacial score (nSPS) is 11.1. The van der Waals surface area contributed by atoms with Crippen molar-refractivity contribution < 1.29 is 13.9 Å². The zero-order chi connectivity index (χ0) is 23.7. The number of aryl methyl sites for hydroxylation is 1. The van der Waals surface area contributed by atoms with Crippen molar-refractivity contribution in [2.45, 2.75) is 6.54 Å². The highest BCUT2D eigenvalue weighted by Crippen LogP contribution is 2.37. The van der Waals surface area contributed by atoms with Gasteiger partial charge in [0, 0.05) is 30.9 Å². The Bertz CT molecular complexity index is 1450. The highest BCUT2D eigenvalue weighted by atomic mass is 19.1. The van der Waals surface area contributed by atoms with Crippen LogP contribution in [0.1, 0.15) is 5.82 Å². The first kappa shape index (κ1) is 21.2. The van der Waals surface area contributed by atoms with Crippen molar-refractivity contribution in [3.8, 4) is 22.8 Å². The second-order valence-electron chi connectivity index (χ2n) is 7.35. The lowest BCUT2D eigenvalue weighted by Crippen LogP contribution is -2.20. The minimum Gasteiger partial charge on any atom is -0.497 e. The van der Waals surface area contributed by atoms with E-state index in [2.05, 4.69) is 30.2 Å². The molecule has 11 nitrogen and oxygen atoms in total. The van der Waals surface area contributed by atoms with Crippen LogP contribution in [0.25, 0.3) is 22.4 Å². The molecule has 0 aliphatic heterocycles. The summed E-state index contributed by atoms with van der Waals surface area (Å²) in [5.41, 5.74) is 2.62. The largest absolute Gasteiger partial charge is 0.497 e.